The van der Waals surface area contributed by atoms with Gasteiger partial charge < -0.3 is 28.7 Å². The van der Waals surface area contributed by atoms with E-state index < -0.39 is 18.5 Å². The van der Waals surface area contributed by atoms with Crippen molar-refractivity contribution >= 4 is 24.2 Å². The van der Waals surface area contributed by atoms with E-state index in [1.54, 1.807) is 0 Å². The summed E-state index contributed by atoms with van der Waals surface area (Å²) >= 11 is 0. The lowest BCUT2D eigenvalue weighted by Crippen LogP contribution is -2.40. The Bertz CT molecular complexity index is 1150. The fourth-order valence-corrected chi connectivity index (χ4v) is 4.51. The first kappa shape index (κ1) is 21.8. The minimum Gasteiger partial charge on any atom is -0.449 e. The van der Waals surface area contributed by atoms with Crippen molar-refractivity contribution in [2.24, 2.45) is 0 Å². The van der Waals surface area contributed by atoms with Crippen LogP contribution in [0.3, 0.4) is 0 Å². The maximum Gasteiger partial charge on any atom is 0.510 e. The Morgan fingerprint density at radius 1 is 1.00 bits per heavy atom. The Kier molecular flexibility index (Phi) is 5.63. The molecule has 0 spiro atoms. The zero-order chi connectivity index (χ0) is 23.0. The Labute approximate surface area is 184 Å². The molecule has 3 N–H and O–H groups in total. The van der Waals surface area contributed by atoms with E-state index in [4.69, 9.17) is 10.5 Å². The molecular formula is C24H23BF3N2O2-. The molecule has 8 heteroatoms. The highest BCUT2D eigenvalue weighted by Gasteiger charge is 2.31. The van der Waals surface area contributed by atoms with Gasteiger partial charge in [-0.05, 0) is 47.7 Å². The molecule has 4 rings (SSSR count). The number of alkyl carbamates (subject to hydrolysis) is 1. The number of nitrogens with one attached hydrogen (secondary N) is 1. The quantitative estimate of drug-likeness (QED) is 0.436. The van der Waals surface area contributed by atoms with Crippen molar-refractivity contribution in [1.29, 1.82) is 0 Å². The van der Waals surface area contributed by atoms with E-state index in [-0.39, 0.29) is 35.9 Å². The van der Waals surface area contributed by atoms with Gasteiger partial charge in [-0.2, -0.15) is 0 Å². The van der Waals surface area contributed by atoms with E-state index in [0.29, 0.717) is 5.56 Å². The van der Waals surface area contributed by atoms with Gasteiger partial charge >= 0.3 is 13.1 Å². The number of halogens is 3. The second kappa shape index (κ2) is 8.26. The molecular weight excluding hydrogens is 416 g/mol. The zero-order valence-electron chi connectivity index (χ0n) is 17.8. The molecule has 166 valence electrons. The standard InChI is InChI=1S/C24H23BF3N2O2/c1-14-16(11-22(29)15(2)23(14)25(26,27)28)12-30-24(31)32-13-21-19-9-5-3-7-17(19)18-8-4-6-10-20(18)21/h3-11,21H,12-13,29H2,1-2H3,(H,30,31)/q-1. The van der Waals surface area contributed by atoms with Gasteiger partial charge in [0.25, 0.3) is 0 Å². The fourth-order valence-electron chi connectivity index (χ4n) is 4.51. The molecule has 0 saturated heterocycles. The molecule has 3 aromatic rings. The van der Waals surface area contributed by atoms with Crippen molar-refractivity contribution in [3.05, 3.63) is 82.4 Å². The number of ether oxygens (including phenoxy) is 1. The predicted octanol–water partition coefficient (Wildman–Crippen LogP) is 4.98. The van der Waals surface area contributed by atoms with Crippen LogP contribution < -0.4 is 16.5 Å². The number of amides is 1. The van der Waals surface area contributed by atoms with Crippen LogP contribution in [0.25, 0.3) is 11.1 Å². The third kappa shape index (κ3) is 3.93. The summed E-state index contributed by atoms with van der Waals surface area (Å²) in [5, 5.41) is 2.56. The van der Waals surface area contributed by atoms with Crippen LogP contribution in [0.5, 0.6) is 0 Å². The molecule has 1 amide bonds. The molecule has 0 unspecified atom stereocenters. The number of benzene rings is 3. The Morgan fingerprint density at radius 2 is 1.56 bits per heavy atom. The Hall–Kier alpha value is -3.42. The van der Waals surface area contributed by atoms with Crippen LogP contribution in [-0.4, -0.2) is 19.7 Å². The summed E-state index contributed by atoms with van der Waals surface area (Å²) in [5.41, 5.74) is 9.94. The number of nitrogens with two attached hydrogens (primary N) is 1. The molecule has 0 fully saturated rings. The minimum absolute atomic E-state index is 0.0138. The van der Waals surface area contributed by atoms with Gasteiger partial charge in [0, 0.05) is 18.2 Å². The van der Waals surface area contributed by atoms with Crippen molar-refractivity contribution in [2.75, 3.05) is 12.3 Å². The highest BCUT2D eigenvalue weighted by atomic mass is 19.4. The van der Waals surface area contributed by atoms with Gasteiger partial charge in [0.1, 0.15) is 6.61 Å². The van der Waals surface area contributed by atoms with Crippen molar-refractivity contribution in [3.8, 4) is 11.1 Å². The van der Waals surface area contributed by atoms with Gasteiger partial charge in [0.15, 0.2) is 0 Å². The third-order valence-corrected chi connectivity index (χ3v) is 6.15. The summed E-state index contributed by atoms with van der Waals surface area (Å²) < 4.78 is 46.0. The first-order chi connectivity index (χ1) is 15.2. The predicted molar refractivity (Wildman–Crippen MR) is 121 cm³/mol. The first-order valence-electron chi connectivity index (χ1n) is 10.4. The highest BCUT2D eigenvalue weighted by molar-refractivity contribution is 6.74. The Morgan fingerprint density at radius 3 is 2.12 bits per heavy atom. The number of fused-ring (bicyclic) bond motifs is 3. The number of carbonyl (C=O) groups is 1. The SMILES string of the molecule is Cc1c(N)cc(CNC(=O)OCC2c3ccccc3-c3ccccc32)c(C)c1[B-](F)(F)F. The second-order valence-electron chi connectivity index (χ2n) is 8.04. The average Bonchev–Trinajstić information content (AvgIpc) is 3.07. The monoisotopic (exact) mass is 439 g/mol. The van der Waals surface area contributed by atoms with E-state index in [2.05, 4.69) is 5.32 Å². The largest absolute Gasteiger partial charge is 0.510 e. The second-order valence-corrected chi connectivity index (χ2v) is 8.04. The number of anilines is 1. The number of hydrogen-bond donors (Lipinski definition) is 2. The van der Waals surface area contributed by atoms with Gasteiger partial charge in [0.05, 0.1) is 0 Å². The summed E-state index contributed by atoms with van der Waals surface area (Å²) in [7, 11) is 0. The lowest BCUT2D eigenvalue weighted by atomic mass is 9.72. The molecule has 1 aliphatic carbocycles. The smallest absolute Gasteiger partial charge is 0.449 e. The van der Waals surface area contributed by atoms with Crippen molar-refractivity contribution < 1.29 is 22.5 Å². The van der Waals surface area contributed by atoms with E-state index in [9.17, 15) is 17.7 Å². The van der Waals surface area contributed by atoms with E-state index in [0.717, 1.165) is 22.3 Å². The lowest BCUT2D eigenvalue weighted by molar-refractivity contribution is 0.142. The minimum atomic E-state index is -5.22. The van der Waals surface area contributed by atoms with Gasteiger partial charge in [-0.3, -0.25) is 0 Å². The molecule has 0 atom stereocenters. The van der Waals surface area contributed by atoms with Gasteiger partial charge in [-0.15, -0.1) is 5.46 Å². The molecule has 0 aliphatic heterocycles. The number of nitrogen functional groups attached to an aromatic ring is 1. The normalized spacial score (nSPS) is 12.9. The maximum atomic E-state index is 13.5. The first-order valence-corrected chi connectivity index (χ1v) is 10.4. The van der Waals surface area contributed by atoms with Crippen molar-refractivity contribution in [1.82, 2.24) is 5.32 Å². The zero-order valence-corrected chi connectivity index (χ0v) is 17.8. The molecule has 0 radical (unpaired) electrons. The van der Waals surface area contributed by atoms with Gasteiger partial charge in [-0.1, -0.05) is 59.7 Å². The van der Waals surface area contributed by atoms with Crippen LogP contribution in [0.4, 0.5) is 23.4 Å². The van der Waals surface area contributed by atoms with Crippen LogP contribution in [0, 0.1) is 13.8 Å². The molecule has 32 heavy (non-hydrogen) atoms. The van der Waals surface area contributed by atoms with Crippen molar-refractivity contribution in [2.45, 2.75) is 26.3 Å². The summed E-state index contributed by atoms with van der Waals surface area (Å²) in [6.45, 7) is -2.44. The molecule has 0 heterocycles. The Balaban J connectivity index is 1.46. The molecule has 1 aliphatic rings. The average molecular weight is 439 g/mol. The van der Waals surface area contributed by atoms with E-state index in [1.165, 1.54) is 19.9 Å². The topological polar surface area (TPSA) is 64.3 Å². The number of rotatable bonds is 5. The van der Waals surface area contributed by atoms with Crippen molar-refractivity contribution in [3.63, 3.8) is 0 Å². The van der Waals surface area contributed by atoms with Crippen LogP contribution in [-0.2, 0) is 11.3 Å². The molecule has 3 aromatic carbocycles. The van der Waals surface area contributed by atoms with Crippen LogP contribution in [0.1, 0.15) is 33.7 Å². The fraction of sp³-hybridized carbons (Fsp3) is 0.208. The summed E-state index contributed by atoms with van der Waals surface area (Å²) in [5.74, 6) is -0.0931. The summed E-state index contributed by atoms with van der Waals surface area (Å²) in [6, 6.07) is 17.4. The third-order valence-electron chi connectivity index (χ3n) is 6.15. The van der Waals surface area contributed by atoms with Crippen LogP contribution >= 0.6 is 0 Å². The number of hydrogen-bond acceptors (Lipinski definition) is 3. The molecule has 4 nitrogen and oxygen atoms in total. The molecule has 0 saturated carbocycles. The van der Waals surface area contributed by atoms with Gasteiger partial charge in [-0.25, -0.2) is 4.79 Å². The van der Waals surface area contributed by atoms with E-state index in [1.807, 2.05) is 48.5 Å². The summed E-state index contributed by atoms with van der Waals surface area (Å²) in [6.07, 6.45) is -0.690. The summed E-state index contributed by atoms with van der Waals surface area (Å²) in [4.78, 5) is 12.4. The van der Waals surface area contributed by atoms with Gasteiger partial charge in [0.2, 0.25) is 0 Å². The number of carbonyl (C=O) groups excluding carboxylic acids is 1. The van der Waals surface area contributed by atoms with E-state index >= 15 is 0 Å². The maximum absolute atomic E-state index is 13.5. The lowest BCUT2D eigenvalue weighted by Gasteiger charge is -2.24. The van der Waals surface area contributed by atoms with Crippen LogP contribution in [0.15, 0.2) is 54.6 Å². The molecule has 0 bridgehead atoms. The highest BCUT2D eigenvalue weighted by Crippen LogP contribution is 2.44. The molecule has 0 aromatic heterocycles. The van der Waals surface area contributed by atoms with Crippen LogP contribution in [0.2, 0.25) is 0 Å².